The molecule has 1 amide bonds. The first-order valence-electron chi connectivity index (χ1n) is 10.4. The van der Waals surface area contributed by atoms with Gasteiger partial charge < -0.3 is 15.0 Å². The van der Waals surface area contributed by atoms with E-state index < -0.39 is 21.7 Å². The van der Waals surface area contributed by atoms with Gasteiger partial charge in [-0.05, 0) is 57.1 Å². The van der Waals surface area contributed by atoms with Crippen molar-refractivity contribution in [3.05, 3.63) is 29.6 Å². The number of hydrogen-bond donors (Lipinski definition) is 1. The van der Waals surface area contributed by atoms with Crippen molar-refractivity contribution in [2.45, 2.75) is 37.0 Å². The monoisotopic (exact) mass is 427 g/mol. The summed E-state index contributed by atoms with van der Waals surface area (Å²) in [6.07, 6.45) is 5.75. The summed E-state index contributed by atoms with van der Waals surface area (Å²) in [4.78, 5) is 14.8. The molecule has 29 heavy (non-hydrogen) atoms. The molecule has 2 aliphatic rings. The molecule has 2 fully saturated rings. The molecular weight excluding hydrogens is 397 g/mol. The Morgan fingerprint density at radius 1 is 1.07 bits per heavy atom. The fourth-order valence-corrected chi connectivity index (χ4v) is 5.17. The standard InChI is InChI=1S/C20H30FN3O4S/c21-19-7-6-17(29(26,27)24-12-14-28-15-13-24)16-18(19)20(25)22-8-5-11-23-9-3-1-2-4-10-23/h6-7,16H,1-5,8-15H2,(H,22,25). The van der Waals surface area contributed by atoms with E-state index in [0.717, 1.165) is 38.2 Å². The van der Waals surface area contributed by atoms with Gasteiger partial charge in [-0.3, -0.25) is 4.79 Å². The number of nitrogens with one attached hydrogen (secondary N) is 1. The van der Waals surface area contributed by atoms with E-state index >= 15 is 0 Å². The van der Waals surface area contributed by atoms with Gasteiger partial charge in [0.1, 0.15) is 5.82 Å². The maximum atomic E-state index is 14.2. The summed E-state index contributed by atoms with van der Waals surface area (Å²) in [6, 6.07) is 3.37. The lowest BCUT2D eigenvalue weighted by Gasteiger charge is -2.26. The smallest absolute Gasteiger partial charge is 0.254 e. The van der Waals surface area contributed by atoms with Gasteiger partial charge in [-0.2, -0.15) is 4.31 Å². The average molecular weight is 428 g/mol. The van der Waals surface area contributed by atoms with E-state index in [2.05, 4.69) is 10.2 Å². The predicted octanol–water partition coefficient (Wildman–Crippen LogP) is 1.84. The zero-order valence-electron chi connectivity index (χ0n) is 16.7. The number of rotatable bonds is 7. The zero-order valence-corrected chi connectivity index (χ0v) is 17.6. The topological polar surface area (TPSA) is 79.0 Å². The van der Waals surface area contributed by atoms with Crippen molar-refractivity contribution in [1.29, 1.82) is 0 Å². The van der Waals surface area contributed by atoms with Gasteiger partial charge in [0.05, 0.1) is 23.7 Å². The van der Waals surface area contributed by atoms with Crippen LogP contribution in [0.25, 0.3) is 0 Å². The third-order valence-electron chi connectivity index (χ3n) is 5.43. The largest absolute Gasteiger partial charge is 0.379 e. The van der Waals surface area contributed by atoms with Crippen molar-refractivity contribution in [2.24, 2.45) is 0 Å². The van der Waals surface area contributed by atoms with Crippen LogP contribution in [-0.2, 0) is 14.8 Å². The molecule has 162 valence electrons. The number of benzene rings is 1. The molecule has 2 saturated heterocycles. The summed E-state index contributed by atoms with van der Waals surface area (Å²) in [6.45, 7) is 4.64. The quantitative estimate of drug-likeness (QED) is 0.672. The Morgan fingerprint density at radius 3 is 2.45 bits per heavy atom. The molecular formula is C20H30FN3O4S. The average Bonchev–Trinajstić information content (AvgIpc) is 3.01. The van der Waals surface area contributed by atoms with Crippen molar-refractivity contribution in [3.8, 4) is 0 Å². The maximum Gasteiger partial charge on any atom is 0.254 e. The van der Waals surface area contributed by atoms with Crippen LogP contribution < -0.4 is 5.32 Å². The third-order valence-corrected chi connectivity index (χ3v) is 7.32. The minimum absolute atomic E-state index is 0.0736. The highest BCUT2D eigenvalue weighted by atomic mass is 32.2. The molecule has 0 radical (unpaired) electrons. The van der Waals surface area contributed by atoms with E-state index in [1.54, 1.807) is 0 Å². The fraction of sp³-hybridized carbons (Fsp3) is 0.650. The van der Waals surface area contributed by atoms with Crippen molar-refractivity contribution in [1.82, 2.24) is 14.5 Å². The van der Waals surface area contributed by atoms with Crippen LogP contribution in [0.15, 0.2) is 23.1 Å². The van der Waals surface area contributed by atoms with Gasteiger partial charge in [0.25, 0.3) is 5.91 Å². The molecule has 9 heteroatoms. The molecule has 2 aliphatic heterocycles. The number of sulfonamides is 1. The molecule has 2 heterocycles. The van der Waals surface area contributed by atoms with Crippen LogP contribution >= 0.6 is 0 Å². The number of nitrogens with zero attached hydrogens (tertiary/aromatic N) is 2. The first-order valence-corrected chi connectivity index (χ1v) is 11.8. The number of amides is 1. The Morgan fingerprint density at radius 2 is 1.76 bits per heavy atom. The van der Waals surface area contributed by atoms with Gasteiger partial charge in [-0.25, -0.2) is 12.8 Å². The van der Waals surface area contributed by atoms with Gasteiger partial charge in [0, 0.05) is 19.6 Å². The highest BCUT2D eigenvalue weighted by molar-refractivity contribution is 7.89. The summed E-state index contributed by atoms with van der Waals surface area (Å²) >= 11 is 0. The van der Waals surface area contributed by atoms with Crippen LogP contribution in [0.5, 0.6) is 0 Å². The molecule has 0 atom stereocenters. The van der Waals surface area contributed by atoms with Crippen molar-refractivity contribution in [2.75, 3.05) is 52.5 Å². The molecule has 0 aromatic heterocycles. The van der Waals surface area contributed by atoms with Crippen molar-refractivity contribution >= 4 is 15.9 Å². The van der Waals surface area contributed by atoms with Crippen LogP contribution in [0, 0.1) is 5.82 Å². The zero-order chi connectivity index (χ0) is 20.7. The van der Waals surface area contributed by atoms with Crippen LogP contribution in [0.1, 0.15) is 42.5 Å². The second kappa shape index (κ2) is 10.5. The minimum Gasteiger partial charge on any atom is -0.379 e. The first-order chi connectivity index (χ1) is 14.0. The lowest BCUT2D eigenvalue weighted by Crippen LogP contribution is -2.40. The molecule has 3 rings (SSSR count). The molecule has 1 N–H and O–H groups in total. The lowest BCUT2D eigenvalue weighted by molar-refractivity contribution is 0.0730. The molecule has 0 bridgehead atoms. The van der Waals surface area contributed by atoms with Crippen LogP contribution in [0.3, 0.4) is 0 Å². The van der Waals surface area contributed by atoms with E-state index in [4.69, 9.17) is 4.74 Å². The summed E-state index contributed by atoms with van der Waals surface area (Å²) in [5.41, 5.74) is -0.242. The Labute approximate surface area is 172 Å². The number of hydrogen-bond acceptors (Lipinski definition) is 5. The van der Waals surface area contributed by atoms with E-state index in [-0.39, 0.29) is 23.5 Å². The highest BCUT2D eigenvalue weighted by Crippen LogP contribution is 2.20. The van der Waals surface area contributed by atoms with Gasteiger partial charge in [0.15, 0.2) is 0 Å². The number of halogens is 1. The molecule has 1 aromatic rings. The van der Waals surface area contributed by atoms with E-state index in [0.29, 0.717) is 19.8 Å². The molecule has 0 aliphatic carbocycles. The Hall–Kier alpha value is -1.55. The Balaban J connectivity index is 1.57. The molecule has 1 aromatic carbocycles. The normalized spacial score (nSPS) is 19.6. The predicted molar refractivity (Wildman–Crippen MR) is 108 cm³/mol. The summed E-state index contributed by atoms with van der Waals surface area (Å²) in [5.74, 6) is -1.31. The van der Waals surface area contributed by atoms with Crippen molar-refractivity contribution in [3.63, 3.8) is 0 Å². The summed E-state index contributed by atoms with van der Waals surface area (Å²) in [7, 11) is -3.78. The van der Waals surface area contributed by atoms with E-state index in [1.165, 1.54) is 36.1 Å². The van der Waals surface area contributed by atoms with Gasteiger partial charge in [0.2, 0.25) is 10.0 Å². The van der Waals surface area contributed by atoms with E-state index in [1.807, 2.05) is 0 Å². The number of carbonyl (C=O) groups excluding carboxylic acids is 1. The summed E-state index contributed by atoms with van der Waals surface area (Å²) < 4.78 is 46.2. The van der Waals surface area contributed by atoms with Crippen LogP contribution in [0.2, 0.25) is 0 Å². The number of likely N-dealkylation sites (tertiary alicyclic amines) is 1. The van der Waals surface area contributed by atoms with Crippen LogP contribution in [-0.4, -0.2) is 76.0 Å². The molecule has 0 saturated carbocycles. The second-order valence-corrected chi connectivity index (χ2v) is 9.46. The maximum absolute atomic E-state index is 14.2. The number of carbonyl (C=O) groups is 1. The van der Waals surface area contributed by atoms with E-state index in [9.17, 15) is 17.6 Å². The molecule has 7 nitrogen and oxygen atoms in total. The van der Waals surface area contributed by atoms with Crippen molar-refractivity contribution < 1.29 is 22.3 Å². The number of morpholine rings is 1. The SMILES string of the molecule is O=C(NCCCN1CCCCCC1)c1cc(S(=O)(=O)N2CCOCC2)ccc1F. The van der Waals surface area contributed by atoms with Crippen LogP contribution in [0.4, 0.5) is 4.39 Å². The van der Waals surface area contributed by atoms with Gasteiger partial charge in [-0.1, -0.05) is 12.8 Å². The molecule has 0 unspecified atom stereocenters. The lowest BCUT2D eigenvalue weighted by atomic mass is 10.2. The third kappa shape index (κ3) is 5.97. The fourth-order valence-electron chi connectivity index (χ4n) is 3.73. The van der Waals surface area contributed by atoms with Gasteiger partial charge in [-0.15, -0.1) is 0 Å². The molecule has 0 spiro atoms. The van der Waals surface area contributed by atoms with Gasteiger partial charge >= 0.3 is 0 Å². The minimum atomic E-state index is -3.78. The highest BCUT2D eigenvalue weighted by Gasteiger charge is 2.27. The Bertz CT molecular complexity index is 789. The number of ether oxygens (including phenoxy) is 1. The summed E-state index contributed by atoms with van der Waals surface area (Å²) in [5, 5.41) is 2.72. The first kappa shape index (κ1) is 22.1. The Kier molecular flexibility index (Phi) is 7.99. The second-order valence-electron chi connectivity index (χ2n) is 7.52.